The third-order valence-electron chi connectivity index (χ3n) is 6.91. The summed E-state index contributed by atoms with van der Waals surface area (Å²) in [6.07, 6.45) is 5.49. The number of aromatic nitrogens is 2. The molecule has 1 aromatic carbocycles. The minimum atomic E-state index is -0.546. The predicted molar refractivity (Wildman–Crippen MR) is 117 cm³/mol. The van der Waals surface area contributed by atoms with Gasteiger partial charge in [0.25, 0.3) is 0 Å². The molecule has 1 fully saturated rings. The van der Waals surface area contributed by atoms with E-state index in [0.29, 0.717) is 12.6 Å². The molecule has 1 saturated heterocycles. The van der Waals surface area contributed by atoms with Gasteiger partial charge in [-0.05, 0) is 68.1 Å². The monoisotopic (exact) mass is 389 g/mol. The number of hydrogen-bond acceptors (Lipinski definition) is 3. The smallest absolute Gasteiger partial charge is 0.0970 e. The minimum absolute atomic E-state index is 0.0491. The van der Waals surface area contributed by atoms with Gasteiger partial charge in [-0.3, -0.25) is 9.88 Å². The second-order valence-electron chi connectivity index (χ2n) is 9.66. The van der Waals surface area contributed by atoms with E-state index in [1.807, 2.05) is 12.1 Å². The second-order valence-corrected chi connectivity index (χ2v) is 9.66. The van der Waals surface area contributed by atoms with Gasteiger partial charge < -0.3 is 9.67 Å². The fourth-order valence-electron chi connectivity index (χ4n) is 5.95. The molecule has 4 nitrogen and oxygen atoms in total. The molecule has 0 amide bonds. The van der Waals surface area contributed by atoms with Crippen molar-refractivity contribution < 1.29 is 5.11 Å². The first-order valence-electron chi connectivity index (χ1n) is 10.8. The lowest BCUT2D eigenvalue weighted by Crippen LogP contribution is -2.43. The average Bonchev–Trinajstić information content (AvgIpc) is 3.25. The highest BCUT2D eigenvalue weighted by molar-refractivity contribution is 5.90. The third kappa shape index (κ3) is 2.92. The van der Waals surface area contributed by atoms with E-state index >= 15 is 0 Å². The van der Waals surface area contributed by atoms with E-state index in [1.54, 1.807) is 12.4 Å². The number of hydrogen-bond donors (Lipinski definition) is 1. The van der Waals surface area contributed by atoms with Crippen LogP contribution in [0.4, 0.5) is 0 Å². The maximum Gasteiger partial charge on any atom is 0.0970 e. The first kappa shape index (κ1) is 18.8. The molecule has 3 aromatic rings. The lowest BCUT2D eigenvalue weighted by molar-refractivity contribution is 0.146. The zero-order valence-corrected chi connectivity index (χ0v) is 17.9. The average molecular weight is 390 g/mol. The van der Waals surface area contributed by atoms with Crippen molar-refractivity contribution in [3.05, 3.63) is 64.6 Å². The number of aliphatic hydroxyl groups excluding tert-OH is 1. The van der Waals surface area contributed by atoms with Gasteiger partial charge in [0.05, 0.1) is 18.2 Å². The molecular formula is C25H31N3O. The van der Waals surface area contributed by atoms with E-state index in [1.165, 1.54) is 52.7 Å². The fraction of sp³-hybridized carbons (Fsp3) is 0.480. The molecule has 1 N–H and O–H groups in total. The third-order valence-corrected chi connectivity index (χ3v) is 6.91. The van der Waals surface area contributed by atoms with Gasteiger partial charge >= 0.3 is 0 Å². The van der Waals surface area contributed by atoms with Crippen LogP contribution in [-0.4, -0.2) is 32.6 Å². The van der Waals surface area contributed by atoms with Gasteiger partial charge in [0.15, 0.2) is 0 Å². The van der Waals surface area contributed by atoms with E-state index in [0.717, 1.165) is 12.1 Å². The Morgan fingerprint density at radius 2 is 1.97 bits per heavy atom. The Kier molecular flexibility index (Phi) is 4.34. The Labute approximate surface area is 173 Å². The maximum atomic E-state index is 11.1. The van der Waals surface area contributed by atoms with Gasteiger partial charge in [-0.1, -0.05) is 25.5 Å². The highest BCUT2D eigenvalue weighted by atomic mass is 16.3. The summed E-state index contributed by atoms with van der Waals surface area (Å²) >= 11 is 0. The summed E-state index contributed by atoms with van der Waals surface area (Å²) in [4.78, 5) is 6.79. The molecule has 29 heavy (non-hydrogen) atoms. The van der Waals surface area contributed by atoms with Crippen molar-refractivity contribution in [2.75, 3.05) is 13.1 Å². The standard InChI is InChI=1S/C25H31N3O/c1-16-12-17(2)23-19(13-16)22-20-6-5-11-27(20)15-25(3,4)24(22)28(23)14-21(29)18-7-9-26-10-8-18/h7-10,12-13,20-21,29H,5-6,11,14-15H2,1-4H3. The van der Waals surface area contributed by atoms with Crippen molar-refractivity contribution in [1.29, 1.82) is 0 Å². The van der Waals surface area contributed by atoms with Crippen LogP contribution >= 0.6 is 0 Å². The lowest BCUT2D eigenvalue weighted by Gasteiger charge is -2.41. The van der Waals surface area contributed by atoms with E-state index in [9.17, 15) is 5.11 Å². The van der Waals surface area contributed by atoms with Gasteiger partial charge in [-0.25, -0.2) is 0 Å². The normalized spacial score (nSPS) is 21.9. The molecule has 4 heterocycles. The van der Waals surface area contributed by atoms with E-state index < -0.39 is 6.10 Å². The van der Waals surface area contributed by atoms with Crippen LogP contribution in [0.2, 0.25) is 0 Å². The summed E-state index contributed by atoms with van der Waals surface area (Å²) in [5.74, 6) is 0. The van der Waals surface area contributed by atoms with Gasteiger partial charge in [0.1, 0.15) is 0 Å². The van der Waals surface area contributed by atoms with Crippen LogP contribution in [0.15, 0.2) is 36.7 Å². The first-order chi connectivity index (χ1) is 13.9. The van der Waals surface area contributed by atoms with Crippen molar-refractivity contribution in [2.24, 2.45) is 0 Å². The molecule has 2 aromatic heterocycles. The van der Waals surface area contributed by atoms with Crippen molar-refractivity contribution in [3.63, 3.8) is 0 Å². The number of nitrogens with zero attached hydrogens (tertiary/aromatic N) is 3. The molecule has 0 spiro atoms. The predicted octanol–water partition coefficient (Wildman–Crippen LogP) is 4.81. The van der Waals surface area contributed by atoms with Crippen LogP contribution < -0.4 is 0 Å². The summed E-state index contributed by atoms with van der Waals surface area (Å²) < 4.78 is 2.44. The Hall–Kier alpha value is -2.17. The van der Waals surface area contributed by atoms with Crippen LogP contribution in [0.25, 0.3) is 10.9 Å². The Balaban J connectivity index is 1.75. The van der Waals surface area contributed by atoms with Crippen LogP contribution in [0.3, 0.4) is 0 Å². The number of fused-ring (bicyclic) bond motifs is 5. The molecule has 5 rings (SSSR count). The van der Waals surface area contributed by atoms with E-state index in [4.69, 9.17) is 0 Å². The minimum Gasteiger partial charge on any atom is -0.387 e. The van der Waals surface area contributed by atoms with Gasteiger partial charge in [0, 0.05) is 41.5 Å². The molecule has 0 saturated carbocycles. The summed E-state index contributed by atoms with van der Waals surface area (Å²) in [7, 11) is 0. The molecule has 4 heteroatoms. The first-order valence-corrected chi connectivity index (χ1v) is 10.8. The van der Waals surface area contributed by atoms with Crippen LogP contribution in [0.5, 0.6) is 0 Å². The Morgan fingerprint density at radius 1 is 1.21 bits per heavy atom. The molecular weight excluding hydrogens is 358 g/mol. The summed E-state index contributed by atoms with van der Waals surface area (Å²) in [5, 5.41) is 12.5. The summed E-state index contributed by atoms with van der Waals surface area (Å²) in [6.45, 7) is 12.0. The van der Waals surface area contributed by atoms with E-state index in [-0.39, 0.29) is 5.41 Å². The van der Waals surface area contributed by atoms with Gasteiger partial charge in [-0.15, -0.1) is 0 Å². The number of pyridine rings is 1. The molecule has 2 unspecified atom stereocenters. The molecule has 0 radical (unpaired) electrons. The molecule has 0 aliphatic carbocycles. The highest BCUT2D eigenvalue weighted by Crippen LogP contribution is 2.49. The molecule has 2 aliphatic heterocycles. The number of aryl methyl sites for hydroxylation is 2. The van der Waals surface area contributed by atoms with Gasteiger partial charge in [-0.2, -0.15) is 0 Å². The van der Waals surface area contributed by atoms with E-state index in [2.05, 4.69) is 54.3 Å². The lowest BCUT2D eigenvalue weighted by atomic mass is 9.79. The summed E-state index contributed by atoms with van der Waals surface area (Å²) in [6, 6.07) is 9.01. The largest absolute Gasteiger partial charge is 0.387 e. The Bertz CT molecular complexity index is 1070. The fourth-order valence-corrected chi connectivity index (χ4v) is 5.95. The van der Waals surface area contributed by atoms with Crippen molar-refractivity contribution in [1.82, 2.24) is 14.5 Å². The maximum absolute atomic E-state index is 11.1. The zero-order valence-electron chi connectivity index (χ0n) is 17.9. The number of aliphatic hydroxyl groups is 1. The molecule has 152 valence electrons. The summed E-state index contributed by atoms with van der Waals surface area (Å²) in [5.41, 5.74) is 7.84. The van der Waals surface area contributed by atoms with Crippen LogP contribution in [-0.2, 0) is 12.0 Å². The van der Waals surface area contributed by atoms with Gasteiger partial charge in [0.2, 0.25) is 0 Å². The van der Waals surface area contributed by atoms with Crippen molar-refractivity contribution in [2.45, 2.75) is 64.6 Å². The molecule has 2 atom stereocenters. The topological polar surface area (TPSA) is 41.3 Å². The molecule has 0 bridgehead atoms. The second kappa shape index (κ2) is 6.68. The highest BCUT2D eigenvalue weighted by Gasteiger charge is 2.44. The molecule has 2 aliphatic rings. The van der Waals surface area contributed by atoms with Crippen molar-refractivity contribution >= 4 is 10.9 Å². The number of rotatable bonds is 3. The van der Waals surface area contributed by atoms with Crippen molar-refractivity contribution in [3.8, 4) is 0 Å². The quantitative estimate of drug-likeness (QED) is 0.699. The zero-order chi connectivity index (χ0) is 20.3. The number of benzene rings is 1. The van der Waals surface area contributed by atoms with Crippen LogP contribution in [0.1, 0.15) is 66.8 Å². The Morgan fingerprint density at radius 3 is 2.72 bits per heavy atom. The SMILES string of the molecule is Cc1cc(C)c2c(c1)c1c(n2CC(O)c2ccncc2)C(C)(C)CN2CCCC12. The van der Waals surface area contributed by atoms with Crippen LogP contribution in [0, 0.1) is 13.8 Å².